The first-order chi connectivity index (χ1) is 8.44. The van der Waals surface area contributed by atoms with E-state index in [1.54, 1.807) is 0 Å². The topological polar surface area (TPSA) is 9.23 Å². The van der Waals surface area contributed by atoms with Crippen LogP contribution in [0.4, 0.5) is 0 Å². The predicted octanol–water partition coefficient (Wildman–Crippen LogP) is 4.62. The van der Waals surface area contributed by atoms with Gasteiger partial charge in [0.15, 0.2) is 0 Å². The van der Waals surface area contributed by atoms with Crippen LogP contribution in [-0.4, -0.2) is 26.8 Å². The van der Waals surface area contributed by atoms with Crippen molar-refractivity contribution in [1.29, 1.82) is 0 Å². The highest BCUT2D eigenvalue weighted by atomic mass is 79.9. The quantitative estimate of drug-likeness (QED) is 0.273. The molecule has 0 radical (unpaired) electrons. The van der Waals surface area contributed by atoms with E-state index in [1.807, 2.05) is 0 Å². The van der Waals surface area contributed by atoms with E-state index in [2.05, 4.69) is 61.6 Å². The van der Waals surface area contributed by atoms with Crippen LogP contribution in [-0.2, 0) is 4.74 Å². The Morgan fingerprint density at radius 1 is 1.28 bits per heavy atom. The van der Waals surface area contributed by atoms with Gasteiger partial charge in [-0.15, -0.1) is 0 Å². The molecule has 0 spiro atoms. The van der Waals surface area contributed by atoms with Crippen LogP contribution < -0.4 is 0 Å². The lowest BCUT2D eigenvalue weighted by molar-refractivity contribution is 0.0673. The van der Waals surface area contributed by atoms with Gasteiger partial charge in [-0.3, -0.25) is 0 Å². The fourth-order valence-corrected chi connectivity index (χ4v) is 2.00. The van der Waals surface area contributed by atoms with Crippen molar-refractivity contribution in [2.75, 3.05) is 11.9 Å². The third-order valence-corrected chi connectivity index (χ3v) is 7.19. The first-order valence-electron chi connectivity index (χ1n) is 7.10. The first kappa shape index (κ1) is 18.2. The molecule has 18 heavy (non-hydrogen) atoms. The largest absolute Gasteiger partial charge is 0.365 e. The van der Waals surface area contributed by atoms with Gasteiger partial charge in [0, 0.05) is 8.80 Å². The summed E-state index contributed by atoms with van der Waals surface area (Å²) in [6.45, 7) is 12.5. The number of halogens is 1. The van der Waals surface area contributed by atoms with Gasteiger partial charge < -0.3 is 4.74 Å². The zero-order valence-corrected chi connectivity index (χ0v) is 15.4. The summed E-state index contributed by atoms with van der Waals surface area (Å²) in [4.78, 5) is 0. The van der Waals surface area contributed by atoms with Gasteiger partial charge in [-0.05, 0) is 17.9 Å². The molecule has 0 rings (SSSR count). The Hall–Kier alpha value is 0.217. The van der Waals surface area contributed by atoms with Crippen molar-refractivity contribution in [3.8, 4) is 11.8 Å². The highest BCUT2D eigenvalue weighted by molar-refractivity contribution is 9.09. The zero-order chi connectivity index (χ0) is 14.0. The molecule has 1 unspecified atom stereocenters. The van der Waals surface area contributed by atoms with E-state index in [9.17, 15) is 0 Å². The average Bonchev–Trinajstić information content (AvgIpc) is 2.32. The van der Waals surface area contributed by atoms with Crippen LogP contribution >= 0.6 is 15.9 Å². The third-order valence-electron chi connectivity index (χ3n) is 3.62. The van der Waals surface area contributed by atoms with Gasteiger partial charge in [0.25, 0.3) is 0 Å². The van der Waals surface area contributed by atoms with E-state index in [1.165, 1.54) is 19.3 Å². The number of rotatable bonds is 8. The Bertz CT molecular complexity index is 265. The van der Waals surface area contributed by atoms with E-state index in [4.69, 9.17) is 4.74 Å². The minimum Gasteiger partial charge on any atom is -0.365 e. The molecular weight excluding hydrogens is 304 g/mol. The Labute approximate surface area is 124 Å². The Morgan fingerprint density at radius 2 is 1.94 bits per heavy atom. The molecule has 0 amide bonds. The molecule has 0 heterocycles. The molecule has 0 aromatic rings. The maximum Gasteiger partial charge on any atom is 0.118 e. The van der Waals surface area contributed by atoms with Crippen LogP contribution in [0, 0.1) is 11.8 Å². The van der Waals surface area contributed by atoms with Crippen molar-refractivity contribution >= 4 is 24.7 Å². The number of alkyl halides is 1. The molecule has 0 fully saturated rings. The molecule has 3 heteroatoms. The molecule has 106 valence electrons. The summed E-state index contributed by atoms with van der Waals surface area (Å²) in [7, 11) is -0.681. The molecular formula is C15H29BrOSi. The normalized spacial score (nSPS) is 13.3. The van der Waals surface area contributed by atoms with Gasteiger partial charge in [0.05, 0.1) is 11.9 Å². The molecule has 0 bridgehead atoms. The van der Waals surface area contributed by atoms with Crippen molar-refractivity contribution < 1.29 is 4.74 Å². The molecule has 0 N–H and O–H groups in total. The molecule has 1 nitrogen and oxygen atoms in total. The van der Waals surface area contributed by atoms with Gasteiger partial charge in [0.1, 0.15) is 6.10 Å². The molecule has 0 aliphatic heterocycles. The SMILES string of the molecule is CCCCCC(C#CCBr)OCC(C)(C)[SiH](C)C. The minimum absolute atomic E-state index is 0.126. The van der Waals surface area contributed by atoms with E-state index < -0.39 is 8.80 Å². The Balaban J connectivity index is 4.23. The molecule has 0 aromatic carbocycles. The van der Waals surface area contributed by atoms with Crippen LogP contribution in [0.1, 0.15) is 46.5 Å². The minimum atomic E-state index is -0.681. The summed E-state index contributed by atoms with van der Waals surface area (Å²) in [5.41, 5.74) is 0. The average molecular weight is 333 g/mol. The smallest absolute Gasteiger partial charge is 0.118 e. The number of ether oxygens (including phenoxy) is 1. The fourth-order valence-electron chi connectivity index (χ4n) is 1.41. The molecule has 1 atom stereocenters. The summed E-state index contributed by atoms with van der Waals surface area (Å²) in [5, 5.41) is 1.10. The van der Waals surface area contributed by atoms with Crippen LogP contribution in [0.5, 0.6) is 0 Å². The van der Waals surface area contributed by atoms with Crippen molar-refractivity contribution in [1.82, 2.24) is 0 Å². The van der Waals surface area contributed by atoms with Crippen molar-refractivity contribution in [3.63, 3.8) is 0 Å². The molecule has 0 saturated heterocycles. The molecule has 0 aromatic heterocycles. The van der Waals surface area contributed by atoms with E-state index in [-0.39, 0.29) is 6.10 Å². The standard InChI is InChI=1S/C15H29BrOSi/c1-6-7-8-10-14(11-9-12-16)17-13-15(2,3)18(4)5/h14,18H,6-8,10,12-13H2,1-5H3. The maximum atomic E-state index is 6.06. The summed E-state index contributed by atoms with van der Waals surface area (Å²) >= 11 is 3.35. The summed E-state index contributed by atoms with van der Waals surface area (Å²) < 4.78 is 6.06. The zero-order valence-electron chi connectivity index (χ0n) is 12.7. The highest BCUT2D eigenvalue weighted by Crippen LogP contribution is 2.29. The maximum absolute atomic E-state index is 6.06. The van der Waals surface area contributed by atoms with Crippen LogP contribution in [0.2, 0.25) is 18.1 Å². The predicted molar refractivity (Wildman–Crippen MR) is 88.4 cm³/mol. The van der Waals surface area contributed by atoms with Crippen LogP contribution in [0.3, 0.4) is 0 Å². The summed E-state index contributed by atoms with van der Waals surface area (Å²) in [6.07, 6.45) is 4.95. The van der Waals surface area contributed by atoms with E-state index in [0.717, 1.165) is 18.4 Å². The second kappa shape index (κ2) is 10.1. The van der Waals surface area contributed by atoms with E-state index >= 15 is 0 Å². The Kier molecular flexibility index (Phi) is 10.2. The van der Waals surface area contributed by atoms with Crippen LogP contribution in [0.25, 0.3) is 0 Å². The fraction of sp³-hybridized carbons (Fsp3) is 0.867. The second-order valence-electron chi connectivity index (χ2n) is 5.89. The van der Waals surface area contributed by atoms with Gasteiger partial charge >= 0.3 is 0 Å². The first-order valence-corrected chi connectivity index (χ1v) is 11.1. The molecule has 0 saturated carbocycles. The lowest BCUT2D eigenvalue weighted by Crippen LogP contribution is -2.28. The van der Waals surface area contributed by atoms with Gasteiger partial charge in [0.2, 0.25) is 0 Å². The van der Waals surface area contributed by atoms with Gasteiger partial charge in [-0.25, -0.2) is 0 Å². The summed E-state index contributed by atoms with van der Waals surface area (Å²) in [6, 6.07) is 0. The molecule has 0 aliphatic rings. The van der Waals surface area contributed by atoms with Crippen molar-refractivity contribution in [3.05, 3.63) is 0 Å². The third kappa shape index (κ3) is 8.34. The van der Waals surface area contributed by atoms with Gasteiger partial charge in [-0.1, -0.05) is 74.5 Å². The Morgan fingerprint density at radius 3 is 2.44 bits per heavy atom. The second-order valence-corrected chi connectivity index (χ2v) is 10.3. The highest BCUT2D eigenvalue weighted by Gasteiger charge is 2.24. The van der Waals surface area contributed by atoms with Crippen LogP contribution in [0.15, 0.2) is 0 Å². The van der Waals surface area contributed by atoms with E-state index in [0.29, 0.717) is 5.04 Å². The van der Waals surface area contributed by atoms with Gasteiger partial charge in [-0.2, -0.15) is 0 Å². The number of hydrogen-bond acceptors (Lipinski definition) is 1. The van der Waals surface area contributed by atoms with Crippen molar-refractivity contribution in [2.24, 2.45) is 0 Å². The lowest BCUT2D eigenvalue weighted by Gasteiger charge is -2.29. The number of unbranched alkanes of at least 4 members (excludes halogenated alkanes) is 2. The monoisotopic (exact) mass is 332 g/mol. The summed E-state index contributed by atoms with van der Waals surface area (Å²) in [5.74, 6) is 6.33. The number of hydrogen-bond donors (Lipinski definition) is 0. The lowest BCUT2D eigenvalue weighted by atomic mass is 10.1. The van der Waals surface area contributed by atoms with Crippen molar-refractivity contribution in [2.45, 2.75) is 70.7 Å². The molecule has 0 aliphatic carbocycles.